The summed E-state index contributed by atoms with van der Waals surface area (Å²) in [5.41, 5.74) is 2.25. The van der Waals surface area contributed by atoms with E-state index < -0.39 is 18.6 Å². The summed E-state index contributed by atoms with van der Waals surface area (Å²) in [6.45, 7) is 4.89. The average Bonchev–Trinajstić information content (AvgIpc) is 2.96. The van der Waals surface area contributed by atoms with Crippen LogP contribution in [0.25, 0.3) is 11.3 Å². The summed E-state index contributed by atoms with van der Waals surface area (Å²) in [4.78, 5) is 17.9. The second kappa shape index (κ2) is 11.6. The van der Waals surface area contributed by atoms with Gasteiger partial charge in [-0.1, -0.05) is 0 Å². The molecular weight excluding hydrogens is 518 g/mol. The molecule has 2 N–H and O–H groups in total. The molecule has 12 heteroatoms. The van der Waals surface area contributed by atoms with Gasteiger partial charge >= 0.3 is 0 Å². The van der Waals surface area contributed by atoms with Crippen LogP contribution in [0.4, 0.5) is 26.1 Å². The van der Waals surface area contributed by atoms with E-state index in [0.29, 0.717) is 41.4 Å². The van der Waals surface area contributed by atoms with Crippen molar-refractivity contribution in [3.63, 3.8) is 0 Å². The number of nitrogens with one attached hydrogen (secondary N) is 2. The van der Waals surface area contributed by atoms with Gasteiger partial charge in [0, 0.05) is 43.7 Å². The molecule has 2 aliphatic rings. The van der Waals surface area contributed by atoms with Crippen molar-refractivity contribution in [2.24, 2.45) is 0 Å². The van der Waals surface area contributed by atoms with E-state index in [-0.39, 0.29) is 17.7 Å². The van der Waals surface area contributed by atoms with Gasteiger partial charge in [0.1, 0.15) is 35.5 Å². The molecule has 40 heavy (non-hydrogen) atoms. The molecule has 2 aromatic heterocycles. The number of halogens is 2. The second-order valence-electron chi connectivity index (χ2n) is 10.1. The number of hydrogen-bond acceptors (Lipinski definition) is 10. The van der Waals surface area contributed by atoms with Crippen LogP contribution in [0.1, 0.15) is 18.9 Å². The number of pyridine rings is 1. The number of aromatic nitrogens is 3. The quantitative estimate of drug-likeness (QED) is 0.452. The molecule has 0 bridgehead atoms. The summed E-state index contributed by atoms with van der Waals surface area (Å²) in [5.74, 6) is -1.33. The first-order valence-corrected chi connectivity index (χ1v) is 13.2. The summed E-state index contributed by atoms with van der Waals surface area (Å²) >= 11 is 0. The highest BCUT2D eigenvalue weighted by Gasteiger charge is 2.43. The number of hydrogen-bond donors (Lipinski definition) is 2. The molecule has 5 rings (SSSR count). The number of methoxy groups -OCH3 is 1. The maximum absolute atomic E-state index is 14.2. The van der Waals surface area contributed by atoms with Crippen molar-refractivity contribution in [1.82, 2.24) is 25.2 Å². The Morgan fingerprint density at radius 2 is 2.00 bits per heavy atom. The largest absolute Gasteiger partial charge is 0.483 e. The highest BCUT2D eigenvalue weighted by molar-refractivity contribution is 5.68. The lowest BCUT2D eigenvalue weighted by Gasteiger charge is -2.39. The standard InChI is InChI=1S/C28H32F2N8O2/c1-18-15-38(11-10-37(18)2)22-5-7-25(36-27(22)39-3)35-26-13-21(33-17-34-26)19-4-6-23(20(12-19)14-31)40-24-8-9-32-16-28(24,29)30/h4-7,12-13,17-18,24,32H,8-11,15-16H2,1-3H3,(H,33,34,35,36)/t18-,24?/m1/s1. The van der Waals surface area contributed by atoms with Gasteiger partial charge in [0.2, 0.25) is 5.88 Å². The first-order chi connectivity index (χ1) is 19.3. The molecule has 1 aromatic carbocycles. The molecule has 2 fully saturated rings. The minimum atomic E-state index is -3.02. The van der Waals surface area contributed by atoms with Crippen molar-refractivity contribution in [3.05, 3.63) is 48.3 Å². The first kappa shape index (κ1) is 27.5. The summed E-state index contributed by atoms with van der Waals surface area (Å²) in [6, 6.07) is 12.9. The average molecular weight is 551 g/mol. The van der Waals surface area contributed by atoms with Crippen LogP contribution in [-0.4, -0.2) is 84.8 Å². The first-order valence-electron chi connectivity index (χ1n) is 13.2. The fourth-order valence-electron chi connectivity index (χ4n) is 4.87. The normalized spacial score (nSPS) is 20.9. The molecule has 2 aliphatic heterocycles. The number of ether oxygens (including phenoxy) is 2. The van der Waals surface area contributed by atoms with E-state index in [1.54, 1.807) is 25.3 Å². The molecule has 210 valence electrons. The zero-order chi connectivity index (χ0) is 28.3. The molecule has 2 saturated heterocycles. The van der Waals surface area contributed by atoms with Crippen LogP contribution in [0, 0.1) is 11.3 Å². The van der Waals surface area contributed by atoms with Gasteiger partial charge in [-0.05, 0) is 50.8 Å². The lowest BCUT2D eigenvalue weighted by Crippen LogP contribution is -2.52. The van der Waals surface area contributed by atoms with Crippen LogP contribution in [-0.2, 0) is 0 Å². The van der Waals surface area contributed by atoms with Crippen LogP contribution in [0.3, 0.4) is 0 Å². The number of piperazine rings is 1. The Labute approximate surface area is 232 Å². The predicted molar refractivity (Wildman–Crippen MR) is 147 cm³/mol. The highest BCUT2D eigenvalue weighted by Crippen LogP contribution is 2.33. The van der Waals surface area contributed by atoms with Gasteiger partial charge in [-0.15, -0.1) is 0 Å². The molecule has 0 radical (unpaired) electrons. The van der Waals surface area contributed by atoms with E-state index in [1.165, 1.54) is 12.4 Å². The highest BCUT2D eigenvalue weighted by atomic mass is 19.3. The molecule has 2 atom stereocenters. The van der Waals surface area contributed by atoms with Crippen molar-refractivity contribution >= 4 is 17.3 Å². The Morgan fingerprint density at radius 1 is 1.15 bits per heavy atom. The summed E-state index contributed by atoms with van der Waals surface area (Å²) in [5, 5.41) is 15.6. The van der Waals surface area contributed by atoms with E-state index in [1.807, 2.05) is 12.1 Å². The molecular formula is C28H32F2N8O2. The Bertz CT molecular complexity index is 1400. The predicted octanol–water partition coefficient (Wildman–Crippen LogP) is 3.68. The number of anilines is 3. The van der Waals surface area contributed by atoms with E-state index in [0.717, 1.165) is 25.3 Å². The van der Waals surface area contributed by atoms with E-state index in [4.69, 9.17) is 9.47 Å². The third-order valence-corrected chi connectivity index (χ3v) is 7.34. The zero-order valence-corrected chi connectivity index (χ0v) is 22.7. The van der Waals surface area contributed by atoms with Gasteiger partial charge < -0.3 is 29.9 Å². The van der Waals surface area contributed by atoms with E-state index >= 15 is 0 Å². The van der Waals surface area contributed by atoms with E-state index in [9.17, 15) is 14.0 Å². The van der Waals surface area contributed by atoms with E-state index in [2.05, 4.69) is 55.4 Å². The minimum absolute atomic E-state index is 0.122. The van der Waals surface area contributed by atoms with Crippen molar-refractivity contribution in [2.45, 2.75) is 31.4 Å². The number of piperidine rings is 1. The number of nitrogens with zero attached hydrogens (tertiary/aromatic N) is 6. The molecule has 0 spiro atoms. The van der Waals surface area contributed by atoms with Crippen LogP contribution in [0.5, 0.6) is 11.6 Å². The number of likely N-dealkylation sites (N-methyl/N-ethyl adjacent to an activating group) is 1. The van der Waals surface area contributed by atoms with Gasteiger partial charge in [-0.3, -0.25) is 0 Å². The fourth-order valence-corrected chi connectivity index (χ4v) is 4.87. The fraction of sp³-hybridized carbons (Fsp3) is 0.429. The van der Waals surface area contributed by atoms with Gasteiger partial charge in [0.25, 0.3) is 5.92 Å². The molecule has 3 aromatic rings. The SMILES string of the molecule is COc1nc(Nc2cc(-c3ccc(OC4CCNCC4(F)F)c(C#N)c3)ncn2)ccc1N1CCN(C)[C@H](C)C1. The Morgan fingerprint density at radius 3 is 2.75 bits per heavy atom. The molecule has 1 unspecified atom stereocenters. The lowest BCUT2D eigenvalue weighted by atomic mass is 10.0. The molecule has 0 amide bonds. The summed E-state index contributed by atoms with van der Waals surface area (Å²) in [6.07, 6.45) is 0.257. The maximum Gasteiger partial charge on any atom is 0.296 e. The topological polar surface area (TPSA) is 111 Å². The lowest BCUT2D eigenvalue weighted by molar-refractivity contribution is -0.109. The van der Waals surface area contributed by atoms with Gasteiger partial charge in [0.05, 0.1) is 24.9 Å². The minimum Gasteiger partial charge on any atom is -0.483 e. The Hall–Kier alpha value is -4.08. The van der Waals surface area contributed by atoms with Crippen molar-refractivity contribution in [3.8, 4) is 29.0 Å². The van der Waals surface area contributed by atoms with Crippen LogP contribution >= 0.6 is 0 Å². The summed E-state index contributed by atoms with van der Waals surface area (Å²) in [7, 11) is 3.73. The van der Waals surface area contributed by atoms with Crippen molar-refractivity contribution < 1.29 is 18.3 Å². The molecule has 0 saturated carbocycles. The van der Waals surface area contributed by atoms with Crippen LogP contribution < -0.4 is 25.0 Å². The number of rotatable bonds is 7. The maximum atomic E-state index is 14.2. The summed E-state index contributed by atoms with van der Waals surface area (Å²) < 4.78 is 39.7. The second-order valence-corrected chi connectivity index (χ2v) is 10.1. The number of alkyl halides is 2. The molecule has 10 nitrogen and oxygen atoms in total. The third-order valence-electron chi connectivity index (χ3n) is 7.34. The van der Waals surface area contributed by atoms with Gasteiger partial charge in [-0.2, -0.15) is 10.2 Å². The monoisotopic (exact) mass is 550 g/mol. The van der Waals surface area contributed by atoms with Gasteiger partial charge in [-0.25, -0.2) is 18.7 Å². The van der Waals surface area contributed by atoms with Gasteiger partial charge in [0.15, 0.2) is 6.10 Å². The van der Waals surface area contributed by atoms with Crippen molar-refractivity contribution in [2.75, 3.05) is 57.1 Å². The Kier molecular flexibility index (Phi) is 7.95. The van der Waals surface area contributed by atoms with Crippen LogP contribution in [0.15, 0.2) is 42.7 Å². The Balaban J connectivity index is 1.33. The molecule has 0 aliphatic carbocycles. The zero-order valence-electron chi connectivity index (χ0n) is 22.7. The smallest absolute Gasteiger partial charge is 0.296 e. The number of nitriles is 1. The third kappa shape index (κ3) is 5.90. The number of benzene rings is 1. The van der Waals surface area contributed by atoms with Crippen LogP contribution in [0.2, 0.25) is 0 Å². The van der Waals surface area contributed by atoms with Crippen molar-refractivity contribution in [1.29, 1.82) is 5.26 Å². The molecule has 4 heterocycles.